The number of carbonyl (C=O) groups excluding carboxylic acids is 1. The summed E-state index contributed by atoms with van der Waals surface area (Å²) in [5.41, 5.74) is 2.29. The lowest BCUT2D eigenvalue weighted by Crippen LogP contribution is -2.24. The Morgan fingerprint density at radius 3 is 2.93 bits per heavy atom. The van der Waals surface area contributed by atoms with E-state index in [0.29, 0.717) is 6.54 Å². The van der Waals surface area contributed by atoms with Gasteiger partial charge in [-0.25, -0.2) is 0 Å². The van der Waals surface area contributed by atoms with Crippen LogP contribution < -0.4 is 5.32 Å². The van der Waals surface area contributed by atoms with Crippen LogP contribution in [0.1, 0.15) is 11.1 Å². The molecule has 0 saturated carbocycles. The highest BCUT2D eigenvalue weighted by molar-refractivity contribution is 9.10. The van der Waals surface area contributed by atoms with Crippen molar-refractivity contribution < 1.29 is 4.79 Å². The van der Waals surface area contributed by atoms with Gasteiger partial charge in [0.2, 0.25) is 5.91 Å². The van der Waals surface area contributed by atoms with E-state index in [9.17, 15) is 4.79 Å². The zero-order valence-corrected chi connectivity index (χ0v) is 10.4. The molecule has 0 aliphatic heterocycles. The Morgan fingerprint density at radius 1 is 1.57 bits per heavy atom. The predicted molar refractivity (Wildman–Crippen MR) is 64.6 cm³/mol. The molecule has 1 amide bonds. The summed E-state index contributed by atoms with van der Waals surface area (Å²) >= 11 is 7.28. The van der Waals surface area contributed by atoms with Crippen LogP contribution in [0, 0.1) is 6.92 Å². The zero-order valence-electron chi connectivity index (χ0n) is 7.88. The molecule has 0 aliphatic rings. The second kappa shape index (κ2) is 5.41. The molecule has 2 nitrogen and oxygen atoms in total. The van der Waals surface area contributed by atoms with Crippen molar-refractivity contribution in [2.24, 2.45) is 0 Å². The minimum atomic E-state index is -0.0484. The Hall–Kier alpha value is -0.480. The third-order valence-electron chi connectivity index (χ3n) is 1.93. The van der Waals surface area contributed by atoms with Gasteiger partial charge in [0, 0.05) is 11.0 Å². The first-order valence-electron chi connectivity index (χ1n) is 4.26. The molecule has 0 heterocycles. The number of nitrogens with one attached hydrogen (secondary N) is 1. The number of benzene rings is 1. The van der Waals surface area contributed by atoms with Gasteiger partial charge >= 0.3 is 0 Å². The Bertz CT molecular complexity index is 341. The lowest BCUT2D eigenvalue weighted by molar-refractivity contribution is -0.118. The van der Waals surface area contributed by atoms with Crippen molar-refractivity contribution in [3.63, 3.8) is 0 Å². The molecule has 0 saturated heterocycles. The molecule has 0 radical (unpaired) electrons. The smallest absolute Gasteiger partial charge is 0.229 e. The number of hydrogen-bond acceptors (Lipinski definition) is 2. The van der Waals surface area contributed by atoms with Gasteiger partial charge in [0.1, 0.15) is 0 Å². The first kappa shape index (κ1) is 11.6. The number of halogens is 1. The van der Waals surface area contributed by atoms with Gasteiger partial charge in [-0.3, -0.25) is 4.79 Å². The molecule has 1 aromatic carbocycles. The van der Waals surface area contributed by atoms with Crippen LogP contribution in [0.4, 0.5) is 0 Å². The van der Waals surface area contributed by atoms with E-state index in [2.05, 4.69) is 33.9 Å². The van der Waals surface area contributed by atoms with Crippen molar-refractivity contribution in [1.29, 1.82) is 0 Å². The molecule has 14 heavy (non-hydrogen) atoms. The van der Waals surface area contributed by atoms with Gasteiger partial charge < -0.3 is 5.32 Å². The Morgan fingerprint density at radius 2 is 2.29 bits per heavy atom. The van der Waals surface area contributed by atoms with E-state index in [0.717, 1.165) is 10.0 Å². The van der Waals surface area contributed by atoms with E-state index >= 15 is 0 Å². The molecule has 0 fully saturated rings. The molecule has 1 aromatic rings. The van der Waals surface area contributed by atoms with E-state index in [-0.39, 0.29) is 11.7 Å². The lowest BCUT2D eigenvalue weighted by atomic mass is 10.1. The van der Waals surface area contributed by atoms with E-state index in [1.807, 2.05) is 25.1 Å². The summed E-state index contributed by atoms with van der Waals surface area (Å²) in [4.78, 5) is 11.0. The van der Waals surface area contributed by atoms with Crippen molar-refractivity contribution in [2.75, 3.05) is 5.75 Å². The molecule has 0 aromatic heterocycles. The summed E-state index contributed by atoms with van der Waals surface area (Å²) < 4.78 is 1.03. The third-order valence-corrected chi connectivity index (χ3v) is 2.71. The van der Waals surface area contributed by atoms with Gasteiger partial charge in [-0.2, -0.15) is 12.6 Å². The van der Waals surface area contributed by atoms with Crippen LogP contribution in [0.25, 0.3) is 0 Å². The minimum absolute atomic E-state index is 0.0484. The highest BCUT2D eigenvalue weighted by Crippen LogP contribution is 2.15. The molecule has 76 valence electrons. The second-order valence-corrected chi connectivity index (χ2v) is 4.24. The van der Waals surface area contributed by atoms with Crippen LogP contribution in [0.15, 0.2) is 22.7 Å². The highest BCUT2D eigenvalue weighted by atomic mass is 79.9. The summed E-state index contributed by atoms with van der Waals surface area (Å²) in [5.74, 6) is 0.181. The Labute approximate surface area is 97.6 Å². The maximum absolute atomic E-state index is 11.0. The van der Waals surface area contributed by atoms with Crippen molar-refractivity contribution in [2.45, 2.75) is 13.5 Å². The first-order chi connectivity index (χ1) is 6.63. The van der Waals surface area contributed by atoms with Crippen LogP contribution in [0.5, 0.6) is 0 Å². The second-order valence-electron chi connectivity index (χ2n) is 3.01. The SMILES string of the molecule is Cc1ccc(Br)cc1CNC(=O)CS. The molecule has 0 unspecified atom stereocenters. The summed E-state index contributed by atoms with van der Waals surface area (Å²) in [5, 5.41) is 2.78. The number of thiol groups is 1. The van der Waals surface area contributed by atoms with E-state index in [1.54, 1.807) is 0 Å². The number of amides is 1. The van der Waals surface area contributed by atoms with Crippen LogP contribution >= 0.6 is 28.6 Å². The number of rotatable bonds is 3. The quantitative estimate of drug-likeness (QED) is 0.814. The van der Waals surface area contributed by atoms with Crippen LogP contribution in [-0.2, 0) is 11.3 Å². The molecule has 4 heteroatoms. The van der Waals surface area contributed by atoms with E-state index in [4.69, 9.17) is 0 Å². The summed E-state index contributed by atoms with van der Waals surface area (Å²) in [6.45, 7) is 2.58. The van der Waals surface area contributed by atoms with Gasteiger partial charge in [0.05, 0.1) is 5.75 Å². The van der Waals surface area contributed by atoms with E-state index in [1.165, 1.54) is 5.56 Å². The topological polar surface area (TPSA) is 29.1 Å². The monoisotopic (exact) mass is 273 g/mol. The number of hydrogen-bond donors (Lipinski definition) is 2. The maximum Gasteiger partial charge on any atom is 0.229 e. The molecule has 1 N–H and O–H groups in total. The number of carbonyl (C=O) groups is 1. The van der Waals surface area contributed by atoms with Gasteiger partial charge in [-0.15, -0.1) is 0 Å². The van der Waals surface area contributed by atoms with Crippen LogP contribution in [0.3, 0.4) is 0 Å². The van der Waals surface area contributed by atoms with Gasteiger partial charge in [-0.1, -0.05) is 22.0 Å². The fourth-order valence-corrected chi connectivity index (χ4v) is 1.60. The molecule has 0 bridgehead atoms. The molecule has 0 spiro atoms. The first-order valence-corrected chi connectivity index (χ1v) is 5.68. The molecule has 0 atom stereocenters. The normalized spacial score (nSPS) is 9.93. The third kappa shape index (κ3) is 3.35. The van der Waals surface area contributed by atoms with Crippen molar-refractivity contribution >= 4 is 34.5 Å². The lowest BCUT2D eigenvalue weighted by Gasteiger charge is -2.07. The van der Waals surface area contributed by atoms with Crippen LogP contribution in [-0.4, -0.2) is 11.7 Å². The van der Waals surface area contributed by atoms with Crippen LogP contribution in [0.2, 0.25) is 0 Å². The fourth-order valence-electron chi connectivity index (χ4n) is 1.08. The molecule has 0 aliphatic carbocycles. The number of aryl methyl sites for hydroxylation is 1. The summed E-state index contributed by atoms with van der Waals surface area (Å²) in [6, 6.07) is 6.01. The summed E-state index contributed by atoms with van der Waals surface area (Å²) in [7, 11) is 0. The van der Waals surface area contributed by atoms with Gasteiger partial charge in [0.15, 0.2) is 0 Å². The van der Waals surface area contributed by atoms with E-state index < -0.39 is 0 Å². The van der Waals surface area contributed by atoms with Crippen molar-refractivity contribution in [1.82, 2.24) is 5.32 Å². The average molecular weight is 274 g/mol. The van der Waals surface area contributed by atoms with Gasteiger partial charge in [0.25, 0.3) is 0 Å². The summed E-state index contributed by atoms with van der Waals surface area (Å²) in [6.07, 6.45) is 0. The average Bonchev–Trinajstić information content (AvgIpc) is 2.19. The maximum atomic E-state index is 11.0. The van der Waals surface area contributed by atoms with Gasteiger partial charge in [-0.05, 0) is 30.2 Å². The van der Waals surface area contributed by atoms with Crippen molar-refractivity contribution in [3.05, 3.63) is 33.8 Å². The minimum Gasteiger partial charge on any atom is -0.351 e. The Kier molecular flexibility index (Phi) is 4.48. The molecular formula is C10H12BrNOS. The predicted octanol–water partition coefficient (Wildman–Crippen LogP) is 2.30. The largest absolute Gasteiger partial charge is 0.351 e. The standard InChI is InChI=1S/C10H12BrNOS/c1-7-2-3-9(11)4-8(7)5-12-10(13)6-14/h2-4,14H,5-6H2,1H3,(H,12,13). The zero-order chi connectivity index (χ0) is 10.6. The van der Waals surface area contributed by atoms with Crippen molar-refractivity contribution in [3.8, 4) is 0 Å². The molecule has 1 rings (SSSR count). The highest BCUT2D eigenvalue weighted by Gasteiger charge is 2.01. The molecular weight excluding hydrogens is 262 g/mol. The fraction of sp³-hybridized carbons (Fsp3) is 0.300. The Balaban J connectivity index is 2.66.